The first kappa shape index (κ1) is 19.5. The maximum absolute atomic E-state index is 13.2. The van der Waals surface area contributed by atoms with Crippen molar-refractivity contribution in [1.82, 2.24) is 4.98 Å². The minimum Gasteiger partial charge on any atom is -0.368 e. The van der Waals surface area contributed by atoms with Gasteiger partial charge in [0.2, 0.25) is 5.91 Å². The summed E-state index contributed by atoms with van der Waals surface area (Å²) < 4.78 is 13.8. The SMILES string of the molecule is NC(=O)[C@H]1CC(C(=O)Nc2nc(-c3ccc(Cl)s3)cs2)=NN1c1ccc(F)cc1. The molecule has 148 valence electrons. The van der Waals surface area contributed by atoms with Crippen LogP contribution in [0, 0.1) is 5.82 Å². The van der Waals surface area contributed by atoms with Crippen molar-refractivity contribution in [2.45, 2.75) is 12.5 Å². The van der Waals surface area contributed by atoms with Gasteiger partial charge in [0.15, 0.2) is 5.13 Å². The molecule has 3 N–H and O–H groups in total. The zero-order chi connectivity index (χ0) is 20.5. The number of amides is 2. The monoisotopic (exact) mass is 449 g/mol. The molecule has 1 aromatic carbocycles. The molecule has 4 rings (SSSR count). The number of rotatable bonds is 5. The van der Waals surface area contributed by atoms with Gasteiger partial charge in [0.25, 0.3) is 5.91 Å². The normalized spacial score (nSPS) is 16.0. The number of anilines is 2. The highest BCUT2D eigenvalue weighted by molar-refractivity contribution is 7.20. The molecule has 1 atom stereocenters. The quantitative estimate of drug-likeness (QED) is 0.619. The Balaban J connectivity index is 1.52. The van der Waals surface area contributed by atoms with E-state index in [9.17, 15) is 14.0 Å². The number of nitrogens with zero attached hydrogens (tertiary/aromatic N) is 3. The van der Waals surface area contributed by atoms with Crippen LogP contribution in [0.1, 0.15) is 6.42 Å². The highest BCUT2D eigenvalue weighted by Gasteiger charge is 2.35. The van der Waals surface area contributed by atoms with Crippen molar-refractivity contribution in [2.75, 3.05) is 10.3 Å². The Morgan fingerprint density at radius 2 is 2.00 bits per heavy atom. The van der Waals surface area contributed by atoms with Crippen LogP contribution in [-0.2, 0) is 9.59 Å². The Labute approximate surface area is 177 Å². The molecular formula is C18H13ClFN5O2S2. The molecule has 0 unspecified atom stereocenters. The van der Waals surface area contributed by atoms with E-state index in [-0.39, 0.29) is 12.1 Å². The summed E-state index contributed by atoms with van der Waals surface area (Å²) in [4.78, 5) is 29.7. The second-order valence-corrected chi connectivity index (χ2v) is 8.66. The second kappa shape index (κ2) is 7.90. The van der Waals surface area contributed by atoms with E-state index in [1.54, 1.807) is 6.07 Å². The molecule has 11 heteroatoms. The lowest BCUT2D eigenvalue weighted by Gasteiger charge is -2.20. The predicted molar refractivity (Wildman–Crippen MR) is 113 cm³/mol. The number of thiophene rings is 1. The van der Waals surface area contributed by atoms with Crippen molar-refractivity contribution < 1.29 is 14.0 Å². The van der Waals surface area contributed by atoms with Crippen LogP contribution in [0.2, 0.25) is 4.34 Å². The summed E-state index contributed by atoms with van der Waals surface area (Å²) in [5.41, 5.74) is 6.76. The van der Waals surface area contributed by atoms with Crippen LogP contribution in [0.25, 0.3) is 10.6 Å². The number of nitrogens with two attached hydrogens (primary N) is 1. The molecule has 3 heterocycles. The van der Waals surface area contributed by atoms with Crippen molar-refractivity contribution in [2.24, 2.45) is 10.8 Å². The van der Waals surface area contributed by atoms with E-state index in [0.29, 0.717) is 20.8 Å². The van der Waals surface area contributed by atoms with E-state index in [4.69, 9.17) is 17.3 Å². The number of benzene rings is 1. The van der Waals surface area contributed by atoms with Gasteiger partial charge in [0.1, 0.15) is 17.6 Å². The minimum atomic E-state index is -0.832. The van der Waals surface area contributed by atoms with Gasteiger partial charge in [-0.2, -0.15) is 5.10 Å². The van der Waals surface area contributed by atoms with E-state index >= 15 is 0 Å². The number of hydrogen-bond acceptors (Lipinski definition) is 7. The van der Waals surface area contributed by atoms with E-state index in [1.165, 1.54) is 51.9 Å². The van der Waals surface area contributed by atoms with E-state index in [2.05, 4.69) is 15.4 Å². The van der Waals surface area contributed by atoms with Crippen LogP contribution in [0.15, 0.2) is 46.9 Å². The van der Waals surface area contributed by atoms with Gasteiger partial charge in [-0.3, -0.25) is 19.9 Å². The molecule has 2 aromatic heterocycles. The predicted octanol–water partition coefficient (Wildman–Crippen LogP) is 3.72. The molecule has 2 amide bonds. The zero-order valence-corrected chi connectivity index (χ0v) is 17.0. The fourth-order valence-electron chi connectivity index (χ4n) is 2.77. The molecule has 0 bridgehead atoms. The first-order valence-corrected chi connectivity index (χ1v) is 10.4. The largest absolute Gasteiger partial charge is 0.368 e. The van der Waals surface area contributed by atoms with Crippen LogP contribution in [-0.4, -0.2) is 28.6 Å². The van der Waals surface area contributed by atoms with Crippen LogP contribution >= 0.6 is 34.3 Å². The molecule has 1 aliphatic heterocycles. The van der Waals surface area contributed by atoms with Crippen molar-refractivity contribution in [1.29, 1.82) is 0 Å². The van der Waals surface area contributed by atoms with Crippen LogP contribution in [0.4, 0.5) is 15.2 Å². The Kier molecular flexibility index (Phi) is 5.31. The summed E-state index contributed by atoms with van der Waals surface area (Å²) in [5, 5.41) is 10.5. The molecule has 0 fully saturated rings. The standard InChI is InChI=1S/C18H13ClFN5O2S2/c19-15-6-5-14(29-15)12-8-28-18(22-12)23-17(27)11-7-13(16(21)26)25(24-11)10-3-1-9(20)2-4-10/h1-6,8,13H,7H2,(H2,21,26)(H,22,23,27)/t13-/m1/s1. The number of primary amides is 1. The fourth-order valence-corrected chi connectivity index (χ4v) is 4.55. The summed E-state index contributed by atoms with van der Waals surface area (Å²) >= 11 is 8.60. The van der Waals surface area contributed by atoms with Crippen LogP contribution in [0.3, 0.4) is 0 Å². The van der Waals surface area contributed by atoms with Gasteiger partial charge in [0.05, 0.1) is 20.6 Å². The number of hydrazone groups is 1. The lowest BCUT2D eigenvalue weighted by Crippen LogP contribution is -2.39. The highest BCUT2D eigenvalue weighted by atomic mass is 35.5. The zero-order valence-electron chi connectivity index (χ0n) is 14.6. The molecule has 0 aliphatic carbocycles. The number of nitrogens with one attached hydrogen (secondary N) is 1. The Morgan fingerprint density at radius 1 is 1.24 bits per heavy atom. The maximum atomic E-state index is 13.2. The van der Waals surface area contributed by atoms with Crippen LogP contribution in [0.5, 0.6) is 0 Å². The highest BCUT2D eigenvalue weighted by Crippen LogP contribution is 2.33. The molecule has 3 aromatic rings. The Bertz CT molecular complexity index is 1110. The third-order valence-corrected chi connectivity index (χ3v) is 6.15. The summed E-state index contributed by atoms with van der Waals surface area (Å²) in [6.07, 6.45) is 0.0390. The van der Waals surface area contributed by atoms with Gasteiger partial charge in [-0.1, -0.05) is 11.6 Å². The number of halogens is 2. The topological polar surface area (TPSA) is 101 Å². The molecule has 29 heavy (non-hydrogen) atoms. The van der Waals surface area contributed by atoms with Crippen molar-refractivity contribution >= 4 is 62.6 Å². The maximum Gasteiger partial charge on any atom is 0.273 e. The number of aromatic nitrogens is 1. The summed E-state index contributed by atoms with van der Waals surface area (Å²) in [5.74, 6) is -1.53. The summed E-state index contributed by atoms with van der Waals surface area (Å²) in [6.45, 7) is 0. The fraction of sp³-hybridized carbons (Fsp3) is 0.111. The van der Waals surface area contributed by atoms with Gasteiger partial charge >= 0.3 is 0 Å². The smallest absolute Gasteiger partial charge is 0.273 e. The molecule has 0 radical (unpaired) electrons. The first-order valence-electron chi connectivity index (χ1n) is 8.35. The van der Waals surface area contributed by atoms with Crippen LogP contribution < -0.4 is 16.1 Å². The minimum absolute atomic E-state index is 0.0390. The van der Waals surface area contributed by atoms with E-state index in [1.807, 2.05) is 11.4 Å². The number of hydrogen-bond donors (Lipinski definition) is 2. The number of carbonyl (C=O) groups excluding carboxylic acids is 2. The lowest BCUT2D eigenvalue weighted by molar-refractivity contribution is -0.119. The van der Waals surface area contributed by atoms with Crippen molar-refractivity contribution in [3.63, 3.8) is 0 Å². The molecule has 1 aliphatic rings. The first-order chi connectivity index (χ1) is 13.9. The molecule has 7 nitrogen and oxygen atoms in total. The number of thiazole rings is 1. The van der Waals surface area contributed by atoms with Gasteiger partial charge in [-0.25, -0.2) is 9.37 Å². The molecule has 0 saturated heterocycles. The molecular weight excluding hydrogens is 437 g/mol. The third kappa shape index (κ3) is 4.14. The van der Waals surface area contributed by atoms with Gasteiger partial charge in [0, 0.05) is 11.8 Å². The van der Waals surface area contributed by atoms with E-state index in [0.717, 1.165) is 4.88 Å². The molecule has 0 saturated carbocycles. The Morgan fingerprint density at radius 3 is 2.66 bits per heavy atom. The van der Waals surface area contributed by atoms with E-state index < -0.39 is 23.7 Å². The average Bonchev–Trinajstić information content (AvgIpc) is 3.41. The molecule has 0 spiro atoms. The second-order valence-electron chi connectivity index (χ2n) is 6.09. The van der Waals surface area contributed by atoms with Gasteiger partial charge < -0.3 is 5.73 Å². The van der Waals surface area contributed by atoms with Crippen molar-refractivity contribution in [3.05, 3.63) is 51.9 Å². The summed E-state index contributed by atoms with van der Waals surface area (Å²) in [7, 11) is 0. The third-order valence-electron chi connectivity index (χ3n) is 4.14. The summed E-state index contributed by atoms with van der Waals surface area (Å²) in [6, 6.07) is 8.22. The van der Waals surface area contributed by atoms with Gasteiger partial charge in [-0.05, 0) is 36.4 Å². The average molecular weight is 450 g/mol. The van der Waals surface area contributed by atoms with Crippen molar-refractivity contribution in [3.8, 4) is 10.6 Å². The lowest BCUT2D eigenvalue weighted by atomic mass is 10.1. The van der Waals surface area contributed by atoms with Gasteiger partial charge in [-0.15, -0.1) is 22.7 Å². The number of carbonyl (C=O) groups is 2. The Hall–Kier alpha value is -2.82.